The van der Waals surface area contributed by atoms with Crippen molar-refractivity contribution in [3.8, 4) is 17.1 Å². The molecule has 0 radical (unpaired) electrons. The smallest absolute Gasteiger partial charge is 0.278 e. The highest BCUT2D eigenvalue weighted by atomic mass is 16.2. The lowest BCUT2D eigenvalue weighted by atomic mass is 10.2. The quantitative estimate of drug-likeness (QED) is 0.584. The van der Waals surface area contributed by atoms with Crippen LogP contribution >= 0.6 is 0 Å². The van der Waals surface area contributed by atoms with Crippen molar-refractivity contribution in [2.45, 2.75) is 6.92 Å². The Hall–Kier alpha value is -3.88. The third-order valence-corrected chi connectivity index (χ3v) is 3.83. The van der Waals surface area contributed by atoms with Crippen LogP contribution in [-0.2, 0) is 0 Å². The summed E-state index contributed by atoms with van der Waals surface area (Å²) in [6.45, 7) is 1.80. The van der Waals surface area contributed by atoms with E-state index in [1.807, 2.05) is 36.4 Å². The summed E-state index contributed by atoms with van der Waals surface area (Å²) in [4.78, 5) is 12.6. The molecule has 0 unspecified atom stereocenters. The zero-order valence-corrected chi connectivity index (χ0v) is 13.8. The molecule has 128 valence electrons. The zero-order chi connectivity index (χ0) is 17.9. The lowest BCUT2D eigenvalue weighted by Gasteiger charge is -2.06. The van der Waals surface area contributed by atoms with Crippen LogP contribution in [0.15, 0.2) is 54.6 Å². The van der Waals surface area contributed by atoms with Gasteiger partial charge in [-0.1, -0.05) is 35.5 Å². The fraction of sp³-hybridized carbons (Fsp3) is 0.0588. The monoisotopic (exact) mass is 346 g/mol. The first kappa shape index (κ1) is 15.6. The van der Waals surface area contributed by atoms with E-state index in [9.17, 15) is 4.79 Å². The molecule has 26 heavy (non-hydrogen) atoms. The number of benzene rings is 2. The van der Waals surface area contributed by atoms with E-state index in [1.54, 1.807) is 29.8 Å². The molecule has 0 aliphatic rings. The summed E-state index contributed by atoms with van der Waals surface area (Å²) in [5.41, 5.74) is 3.10. The van der Waals surface area contributed by atoms with Crippen LogP contribution in [0.5, 0.6) is 0 Å². The average molecular weight is 346 g/mol. The molecule has 2 aromatic heterocycles. The molecule has 0 spiro atoms. The third-order valence-electron chi connectivity index (χ3n) is 3.83. The number of para-hydroxylation sites is 1. The largest absolute Gasteiger partial charge is 0.321 e. The first-order valence-electron chi connectivity index (χ1n) is 7.85. The molecule has 4 rings (SSSR count). The highest BCUT2D eigenvalue weighted by Crippen LogP contribution is 2.19. The molecule has 9 nitrogen and oxygen atoms in total. The first-order chi connectivity index (χ1) is 12.7. The number of nitrogens with zero attached hydrogens (tertiary/aromatic N) is 6. The Bertz CT molecular complexity index is 1040. The van der Waals surface area contributed by atoms with Crippen LogP contribution in [0.1, 0.15) is 16.2 Å². The highest BCUT2D eigenvalue weighted by Gasteiger charge is 2.17. The average Bonchev–Trinajstić information content (AvgIpc) is 3.32. The normalized spacial score (nSPS) is 10.7. The van der Waals surface area contributed by atoms with Gasteiger partial charge in [-0.15, -0.1) is 15.3 Å². The Balaban J connectivity index is 1.58. The molecule has 0 atom stereocenters. The van der Waals surface area contributed by atoms with Gasteiger partial charge in [0.15, 0.2) is 5.69 Å². The summed E-state index contributed by atoms with van der Waals surface area (Å²) in [6, 6.07) is 16.7. The Kier molecular flexibility index (Phi) is 3.94. The SMILES string of the molecule is Cc1c(C(=O)Nc2cccc(-c3nn[nH]n3)c2)nnn1-c1ccccc1. The van der Waals surface area contributed by atoms with Crippen LogP contribution in [0.4, 0.5) is 5.69 Å². The van der Waals surface area contributed by atoms with Gasteiger partial charge in [-0.25, -0.2) is 4.68 Å². The fourth-order valence-electron chi connectivity index (χ4n) is 2.56. The zero-order valence-electron chi connectivity index (χ0n) is 13.8. The number of aromatic nitrogens is 7. The van der Waals surface area contributed by atoms with Gasteiger partial charge in [-0.3, -0.25) is 4.79 Å². The van der Waals surface area contributed by atoms with Gasteiger partial charge in [-0.05, 0) is 36.4 Å². The fourth-order valence-corrected chi connectivity index (χ4v) is 2.56. The maximum Gasteiger partial charge on any atom is 0.278 e. The maximum atomic E-state index is 12.6. The standard InChI is InChI=1S/C17H14N8O/c1-11-15(19-24-25(11)14-8-3-2-4-9-14)17(26)18-13-7-5-6-12(10-13)16-20-22-23-21-16/h2-10H,1H3,(H,18,26)(H,20,21,22,23). The van der Waals surface area contributed by atoms with Crippen LogP contribution < -0.4 is 5.32 Å². The second kappa shape index (κ2) is 6.55. The Morgan fingerprint density at radius 3 is 2.69 bits per heavy atom. The summed E-state index contributed by atoms with van der Waals surface area (Å²) in [6.07, 6.45) is 0. The number of tetrazole rings is 1. The van der Waals surface area contributed by atoms with Crippen LogP contribution in [0.25, 0.3) is 17.1 Å². The summed E-state index contributed by atoms with van der Waals surface area (Å²) in [7, 11) is 0. The number of amides is 1. The van der Waals surface area contributed by atoms with Crippen molar-refractivity contribution in [3.63, 3.8) is 0 Å². The van der Waals surface area contributed by atoms with E-state index in [0.29, 0.717) is 17.2 Å². The van der Waals surface area contributed by atoms with Crippen LogP contribution in [0.3, 0.4) is 0 Å². The number of anilines is 1. The van der Waals surface area contributed by atoms with Gasteiger partial charge < -0.3 is 5.32 Å². The number of carbonyl (C=O) groups excluding carboxylic acids is 1. The van der Waals surface area contributed by atoms with E-state index in [1.165, 1.54) is 0 Å². The van der Waals surface area contributed by atoms with E-state index in [2.05, 4.69) is 36.3 Å². The molecule has 1 amide bonds. The van der Waals surface area contributed by atoms with E-state index in [0.717, 1.165) is 11.3 Å². The van der Waals surface area contributed by atoms with E-state index >= 15 is 0 Å². The molecule has 0 aliphatic heterocycles. The number of nitrogens with one attached hydrogen (secondary N) is 2. The lowest BCUT2D eigenvalue weighted by Crippen LogP contribution is -2.14. The molecule has 2 heterocycles. The van der Waals surface area contributed by atoms with Crippen molar-refractivity contribution < 1.29 is 4.79 Å². The number of H-pyrrole nitrogens is 1. The van der Waals surface area contributed by atoms with Gasteiger partial charge >= 0.3 is 0 Å². The molecule has 0 fully saturated rings. The maximum absolute atomic E-state index is 12.6. The van der Waals surface area contributed by atoms with Crippen molar-refractivity contribution in [2.24, 2.45) is 0 Å². The van der Waals surface area contributed by atoms with Gasteiger partial charge in [0.25, 0.3) is 5.91 Å². The first-order valence-corrected chi connectivity index (χ1v) is 7.85. The van der Waals surface area contributed by atoms with Crippen molar-refractivity contribution in [3.05, 3.63) is 66.0 Å². The van der Waals surface area contributed by atoms with Crippen LogP contribution in [-0.4, -0.2) is 41.5 Å². The second-order valence-electron chi connectivity index (χ2n) is 5.54. The summed E-state index contributed by atoms with van der Waals surface area (Å²) >= 11 is 0. The number of aromatic amines is 1. The minimum atomic E-state index is -0.338. The number of hydrogen-bond acceptors (Lipinski definition) is 6. The van der Waals surface area contributed by atoms with Crippen molar-refractivity contribution in [1.82, 2.24) is 35.6 Å². The van der Waals surface area contributed by atoms with Gasteiger partial charge in [0, 0.05) is 11.3 Å². The number of hydrogen-bond donors (Lipinski definition) is 2. The molecular formula is C17H14N8O. The molecule has 4 aromatic rings. The summed E-state index contributed by atoms with van der Waals surface area (Å²) < 4.78 is 1.63. The minimum Gasteiger partial charge on any atom is -0.321 e. The van der Waals surface area contributed by atoms with E-state index < -0.39 is 0 Å². The van der Waals surface area contributed by atoms with Crippen molar-refractivity contribution in [1.29, 1.82) is 0 Å². The van der Waals surface area contributed by atoms with Crippen LogP contribution in [0.2, 0.25) is 0 Å². The molecular weight excluding hydrogens is 332 g/mol. The van der Waals surface area contributed by atoms with Gasteiger partial charge in [-0.2, -0.15) is 5.21 Å². The van der Waals surface area contributed by atoms with Crippen molar-refractivity contribution in [2.75, 3.05) is 5.32 Å². The predicted octanol–water partition coefficient (Wildman–Crippen LogP) is 2.01. The van der Waals surface area contributed by atoms with Gasteiger partial charge in [0.05, 0.1) is 11.4 Å². The molecule has 0 bridgehead atoms. The van der Waals surface area contributed by atoms with Crippen molar-refractivity contribution >= 4 is 11.6 Å². The molecule has 0 saturated carbocycles. The van der Waals surface area contributed by atoms with Gasteiger partial charge in [0.2, 0.25) is 5.82 Å². The highest BCUT2D eigenvalue weighted by molar-refractivity contribution is 6.03. The molecule has 2 aromatic carbocycles. The molecule has 2 N–H and O–H groups in total. The molecule has 9 heteroatoms. The second-order valence-corrected chi connectivity index (χ2v) is 5.54. The van der Waals surface area contributed by atoms with Gasteiger partial charge in [0.1, 0.15) is 0 Å². The van der Waals surface area contributed by atoms with E-state index in [4.69, 9.17) is 0 Å². The number of rotatable bonds is 4. The summed E-state index contributed by atoms with van der Waals surface area (Å²) in [5.74, 6) is 0.113. The molecule has 0 aliphatic carbocycles. The minimum absolute atomic E-state index is 0.263. The van der Waals surface area contributed by atoms with Crippen LogP contribution in [0, 0.1) is 6.92 Å². The Morgan fingerprint density at radius 1 is 1.08 bits per heavy atom. The number of carbonyl (C=O) groups is 1. The molecule has 0 saturated heterocycles. The Labute approximate surface area is 148 Å². The predicted molar refractivity (Wildman–Crippen MR) is 93.7 cm³/mol. The van der Waals surface area contributed by atoms with E-state index in [-0.39, 0.29) is 11.6 Å². The lowest BCUT2D eigenvalue weighted by molar-refractivity contribution is 0.102. The Morgan fingerprint density at radius 2 is 1.92 bits per heavy atom. The third kappa shape index (κ3) is 2.93. The topological polar surface area (TPSA) is 114 Å². The summed E-state index contributed by atoms with van der Waals surface area (Å²) in [5, 5.41) is 24.7.